The SMILES string of the molecule is C[n+]1ccc(/C=C/c2ccc(CO)c(F)c2)c2ccccc21. The number of aromatic nitrogens is 1. The summed E-state index contributed by atoms with van der Waals surface area (Å²) in [5.41, 5.74) is 3.31. The first-order valence-electron chi connectivity index (χ1n) is 7.14. The highest BCUT2D eigenvalue weighted by Crippen LogP contribution is 2.18. The summed E-state index contributed by atoms with van der Waals surface area (Å²) in [6, 6.07) is 15.1. The molecule has 0 fully saturated rings. The molecule has 0 amide bonds. The minimum absolute atomic E-state index is 0.282. The van der Waals surface area contributed by atoms with Crippen LogP contribution in [0.5, 0.6) is 0 Å². The summed E-state index contributed by atoms with van der Waals surface area (Å²) in [6.45, 7) is -0.282. The second-order valence-electron chi connectivity index (χ2n) is 5.24. The van der Waals surface area contributed by atoms with Crippen LogP contribution in [0.15, 0.2) is 54.7 Å². The van der Waals surface area contributed by atoms with Crippen molar-refractivity contribution in [3.63, 3.8) is 0 Å². The van der Waals surface area contributed by atoms with Crippen LogP contribution in [0.3, 0.4) is 0 Å². The predicted molar refractivity (Wildman–Crippen MR) is 86.4 cm³/mol. The van der Waals surface area contributed by atoms with E-state index in [1.807, 2.05) is 43.6 Å². The molecule has 1 N–H and O–H groups in total. The van der Waals surface area contributed by atoms with Crippen LogP contribution in [-0.4, -0.2) is 5.11 Å². The van der Waals surface area contributed by atoms with Gasteiger partial charge in [0, 0.05) is 17.7 Å². The minimum Gasteiger partial charge on any atom is -0.392 e. The lowest BCUT2D eigenvalue weighted by Crippen LogP contribution is -2.28. The lowest BCUT2D eigenvalue weighted by molar-refractivity contribution is -0.644. The fourth-order valence-electron chi connectivity index (χ4n) is 2.51. The molecule has 0 atom stereocenters. The molecule has 0 aliphatic heterocycles. The Labute approximate surface area is 128 Å². The zero-order valence-electron chi connectivity index (χ0n) is 12.3. The number of para-hydroxylation sites is 1. The van der Waals surface area contributed by atoms with Crippen molar-refractivity contribution in [3.05, 3.63) is 77.2 Å². The number of halogens is 1. The van der Waals surface area contributed by atoms with E-state index in [9.17, 15) is 4.39 Å². The topological polar surface area (TPSA) is 24.1 Å². The number of hydrogen-bond donors (Lipinski definition) is 1. The number of nitrogens with zero attached hydrogens (tertiary/aromatic N) is 1. The van der Waals surface area contributed by atoms with Crippen molar-refractivity contribution in [2.45, 2.75) is 6.61 Å². The monoisotopic (exact) mass is 294 g/mol. The Morgan fingerprint density at radius 2 is 1.91 bits per heavy atom. The molecule has 3 heteroatoms. The third kappa shape index (κ3) is 2.76. The Morgan fingerprint density at radius 1 is 1.09 bits per heavy atom. The van der Waals surface area contributed by atoms with Gasteiger partial charge in [-0.15, -0.1) is 0 Å². The third-order valence-electron chi connectivity index (χ3n) is 3.78. The third-order valence-corrected chi connectivity index (χ3v) is 3.78. The van der Waals surface area contributed by atoms with E-state index in [1.165, 1.54) is 6.07 Å². The lowest BCUT2D eigenvalue weighted by atomic mass is 10.1. The first-order chi connectivity index (χ1) is 10.7. The Balaban J connectivity index is 1.99. The summed E-state index contributed by atoms with van der Waals surface area (Å²) in [5, 5.41) is 10.2. The van der Waals surface area contributed by atoms with Crippen LogP contribution in [0.4, 0.5) is 4.39 Å². The lowest BCUT2D eigenvalue weighted by Gasteiger charge is -2.02. The van der Waals surface area contributed by atoms with Crippen molar-refractivity contribution in [2.24, 2.45) is 7.05 Å². The fourth-order valence-corrected chi connectivity index (χ4v) is 2.51. The largest absolute Gasteiger partial charge is 0.392 e. The Bertz CT molecular complexity index is 855. The number of fused-ring (bicyclic) bond motifs is 1. The van der Waals surface area contributed by atoms with Crippen LogP contribution < -0.4 is 4.57 Å². The van der Waals surface area contributed by atoms with Crippen LogP contribution in [-0.2, 0) is 13.7 Å². The van der Waals surface area contributed by atoms with E-state index in [4.69, 9.17) is 5.11 Å². The second-order valence-corrected chi connectivity index (χ2v) is 5.24. The van der Waals surface area contributed by atoms with Gasteiger partial charge >= 0.3 is 0 Å². The van der Waals surface area contributed by atoms with Gasteiger partial charge in [-0.05, 0) is 23.3 Å². The molecule has 0 spiro atoms. The molecule has 0 saturated carbocycles. The smallest absolute Gasteiger partial charge is 0.212 e. The van der Waals surface area contributed by atoms with E-state index in [0.29, 0.717) is 5.56 Å². The van der Waals surface area contributed by atoms with E-state index in [1.54, 1.807) is 12.1 Å². The molecular formula is C19H17FNO+. The minimum atomic E-state index is -0.381. The van der Waals surface area contributed by atoms with Gasteiger partial charge < -0.3 is 5.11 Å². The molecule has 110 valence electrons. The normalized spacial score (nSPS) is 11.4. The molecule has 1 aromatic heterocycles. The van der Waals surface area contributed by atoms with Crippen LogP contribution in [0.1, 0.15) is 16.7 Å². The van der Waals surface area contributed by atoms with Crippen LogP contribution in [0.2, 0.25) is 0 Å². The van der Waals surface area contributed by atoms with E-state index in [0.717, 1.165) is 22.0 Å². The first-order valence-corrected chi connectivity index (χ1v) is 7.14. The Hall–Kier alpha value is -2.52. The van der Waals surface area contributed by atoms with Gasteiger partial charge in [-0.25, -0.2) is 8.96 Å². The maximum Gasteiger partial charge on any atom is 0.212 e. The molecule has 0 saturated heterocycles. The average Bonchev–Trinajstić information content (AvgIpc) is 2.55. The van der Waals surface area contributed by atoms with Gasteiger partial charge in [-0.3, -0.25) is 0 Å². The number of aryl methyl sites for hydroxylation is 1. The number of pyridine rings is 1. The van der Waals surface area contributed by atoms with Crippen molar-refractivity contribution < 1.29 is 14.1 Å². The second kappa shape index (κ2) is 6.08. The van der Waals surface area contributed by atoms with E-state index in [2.05, 4.69) is 16.7 Å². The van der Waals surface area contributed by atoms with Crippen LogP contribution in [0.25, 0.3) is 23.1 Å². The van der Waals surface area contributed by atoms with E-state index >= 15 is 0 Å². The highest BCUT2D eigenvalue weighted by atomic mass is 19.1. The number of aliphatic hydroxyl groups is 1. The van der Waals surface area contributed by atoms with Gasteiger partial charge in [0.15, 0.2) is 6.20 Å². The van der Waals surface area contributed by atoms with Gasteiger partial charge in [0.25, 0.3) is 0 Å². The molecule has 0 unspecified atom stereocenters. The van der Waals surface area contributed by atoms with Crippen molar-refractivity contribution in [2.75, 3.05) is 0 Å². The quantitative estimate of drug-likeness (QED) is 0.735. The first kappa shape index (κ1) is 14.4. The average molecular weight is 294 g/mol. The summed E-state index contributed by atoms with van der Waals surface area (Å²) < 4.78 is 15.8. The molecule has 0 radical (unpaired) electrons. The fraction of sp³-hybridized carbons (Fsp3) is 0.105. The molecule has 3 aromatic rings. The highest BCUT2D eigenvalue weighted by molar-refractivity contribution is 5.88. The molecule has 0 aliphatic carbocycles. The van der Waals surface area contributed by atoms with Crippen LogP contribution in [0, 0.1) is 5.82 Å². The van der Waals surface area contributed by atoms with Gasteiger partial charge in [0.05, 0.1) is 12.0 Å². The summed E-state index contributed by atoms with van der Waals surface area (Å²) in [7, 11) is 2.01. The molecule has 2 nitrogen and oxygen atoms in total. The van der Waals surface area contributed by atoms with E-state index < -0.39 is 0 Å². The molecular weight excluding hydrogens is 277 g/mol. The predicted octanol–water partition coefficient (Wildman–Crippen LogP) is 3.47. The van der Waals surface area contributed by atoms with Crippen molar-refractivity contribution >= 4 is 23.1 Å². The number of aliphatic hydroxyl groups excluding tert-OH is 1. The van der Waals surface area contributed by atoms with Gasteiger partial charge in [0.2, 0.25) is 5.52 Å². The molecule has 0 bridgehead atoms. The zero-order valence-corrected chi connectivity index (χ0v) is 12.3. The standard InChI is InChI=1S/C19H17FNO/c1-21-11-10-15(17-4-2-3-5-19(17)21)8-6-14-7-9-16(13-22)18(20)12-14/h2-12,22H,13H2,1H3/q+1/b8-6+. The molecule has 3 rings (SSSR count). The molecule has 2 aromatic carbocycles. The number of hydrogen-bond acceptors (Lipinski definition) is 1. The number of benzene rings is 2. The zero-order chi connectivity index (χ0) is 15.5. The maximum atomic E-state index is 13.7. The van der Waals surface area contributed by atoms with E-state index in [-0.39, 0.29) is 12.4 Å². The summed E-state index contributed by atoms with van der Waals surface area (Å²) >= 11 is 0. The maximum absolute atomic E-state index is 13.7. The van der Waals surface area contributed by atoms with Crippen molar-refractivity contribution in [3.8, 4) is 0 Å². The van der Waals surface area contributed by atoms with Gasteiger partial charge in [0.1, 0.15) is 12.9 Å². The molecule has 0 aliphatic rings. The van der Waals surface area contributed by atoms with Gasteiger partial charge in [-0.2, -0.15) is 0 Å². The summed E-state index contributed by atoms with van der Waals surface area (Å²) in [5.74, 6) is -0.381. The van der Waals surface area contributed by atoms with Gasteiger partial charge in [-0.1, -0.05) is 36.4 Å². The molecule has 1 heterocycles. The Morgan fingerprint density at radius 3 is 2.68 bits per heavy atom. The highest BCUT2D eigenvalue weighted by Gasteiger charge is 2.06. The molecule has 22 heavy (non-hydrogen) atoms. The summed E-state index contributed by atoms with van der Waals surface area (Å²) in [4.78, 5) is 0. The number of rotatable bonds is 3. The van der Waals surface area contributed by atoms with Crippen LogP contribution >= 0.6 is 0 Å². The van der Waals surface area contributed by atoms with Crippen molar-refractivity contribution in [1.29, 1.82) is 0 Å². The Kier molecular flexibility index (Phi) is 3.98. The summed E-state index contributed by atoms with van der Waals surface area (Å²) in [6.07, 6.45) is 5.87. The van der Waals surface area contributed by atoms with Crippen molar-refractivity contribution in [1.82, 2.24) is 0 Å².